The van der Waals surface area contributed by atoms with E-state index in [0.29, 0.717) is 34.9 Å². The van der Waals surface area contributed by atoms with Crippen LogP contribution >= 0.6 is 0 Å². The molecule has 1 fully saturated rings. The minimum Gasteiger partial charge on any atom is -0.493 e. The molecule has 1 saturated heterocycles. The molecule has 1 aromatic carbocycles. The summed E-state index contributed by atoms with van der Waals surface area (Å²) in [5, 5.41) is 0.786. The third-order valence-corrected chi connectivity index (χ3v) is 4.62. The maximum Gasteiger partial charge on any atom is 0.252 e. The monoisotopic (exact) mass is 362 g/mol. The number of nitrogens with one attached hydrogen (secondary N) is 1. The van der Waals surface area contributed by atoms with Crippen LogP contribution in [0.15, 0.2) is 16.9 Å². The molecule has 2 atom stereocenters. The first kappa shape index (κ1) is 18.5. The number of ether oxygens (including phenoxy) is 4. The van der Waals surface area contributed by atoms with Gasteiger partial charge in [-0.25, -0.2) is 0 Å². The zero-order chi connectivity index (χ0) is 18.8. The Bertz CT molecular complexity index is 838. The van der Waals surface area contributed by atoms with Gasteiger partial charge in [0.1, 0.15) is 0 Å². The van der Waals surface area contributed by atoms with Crippen molar-refractivity contribution in [3.63, 3.8) is 0 Å². The van der Waals surface area contributed by atoms with Crippen LogP contribution in [0.1, 0.15) is 19.4 Å². The normalized spacial score (nSPS) is 21.0. The number of hydrogen-bond donors (Lipinski definition) is 1. The molecule has 7 nitrogen and oxygen atoms in total. The second kappa shape index (κ2) is 7.55. The summed E-state index contributed by atoms with van der Waals surface area (Å²) < 4.78 is 22.1. The lowest BCUT2D eigenvalue weighted by Gasteiger charge is -2.35. The number of H-pyrrole nitrogens is 1. The van der Waals surface area contributed by atoms with E-state index in [4.69, 9.17) is 18.9 Å². The summed E-state index contributed by atoms with van der Waals surface area (Å²) in [6.07, 6.45) is 0.300. The van der Waals surface area contributed by atoms with E-state index in [-0.39, 0.29) is 17.8 Å². The Hall–Kier alpha value is -2.25. The van der Waals surface area contributed by atoms with Gasteiger partial charge in [0.2, 0.25) is 5.75 Å². The maximum atomic E-state index is 12.6. The van der Waals surface area contributed by atoms with Gasteiger partial charge in [0.15, 0.2) is 11.5 Å². The van der Waals surface area contributed by atoms with Crippen molar-refractivity contribution in [1.82, 2.24) is 9.88 Å². The molecule has 1 aromatic heterocycles. The molecule has 1 aliphatic rings. The second-order valence-corrected chi connectivity index (χ2v) is 6.68. The average molecular weight is 362 g/mol. The van der Waals surface area contributed by atoms with Gasteiger partial charge in [0, 0.05) is 36.7 Å². The zero-order valence-corrected chi connectivity index (χ0v) is 15.9. The largest absolute Gasteiger partial charge is 0.493 e. The van der Waals surface area contributed by atoms with Gasteiger partial charge in [-0.05, 0) is 19.9 Å². The molecular weight excluding hydrogens is 336 g/mol. The molecule has 0 spiro atoms. The Morgan fingerprint density at radius 3 is 2.31 bits per heavy atom. The van der Waals surface area contributed by atoms with Gasteiger partial charge >= 0.3 is 0 Å². The van der Waals surface area contributed by atoms with Crippen molar-refractivity contribution in [2.45, 2.75) is 32.6 Å². The number of nitrogens with zero attached hydrogens (tertiary/aromatic N) is 1. The summed E-state index contributed by atoms with van der Waals surface area (Å²) >= 11 is 0. The standard InChI is InChI=1S/C19H26N2O5/c1-11-8-21(9-12(2)26-11)10-13-6-14-15(20-19(13)22)7-16(23-3)18(25-5)17(14)24-4/h6-7,11-12H,8-10H2,1-5H3,(H,20,22)/t11-,12+. The predicted octanol–water partition coefficient (Wildman–Crippen LogP) is 2.16. The number of hydrogen-bond acceptors (Lipinski definition) is 6. The predicted molar refractivity (Wildman–Crippen MR) is 99.5 cm³/mol. The molecule has 1 N–H and O–H groups in total. The van der Waals surface area contributed by atoms with E-state index in [9.17, 15) is 4.79 Å². The number of methoxy groups -OCH3 is 3. The molecule has 0 radical (unpaired) electrons. The van der Waals surface area contributed by atoms with Crippen LogP contribution in [-0.2, 0) is 11.3 Å². The van der Waals surface area contributed by atoms with Crippen LogP contribution in [0.25, 0.3) is 10.9 Å². The Morgan fingerprint density at radius 2 is 1.73 bits per heavy atom. The van der Waals surface area contributed by atoms with E-state index in [0.717, 1.165) is 18.5 Å². The summed E-state index contributed by atoms with van der Waals surface area (Å²) in [6.45, 7) is 6.25. The first-order chi connectivity index (χ1) is 12.5. The molecule has 7 heteroatoms. The van der Waals surface area contributed by atoms with Crippen LogP contribution in [0, 0.1) is 0 Å². The zero-order valence-electron chi connectivity index (χ0n) is 15.9. The average Bonchev–Trinajstić information content (AvgIpc) is 2.60. The van der Waals surface area contributed by atoms with Crippen molar-refractivity contribution in [2.75, 3.05) is 34.4 Å². The first-order valence-corrected chi connectivity index (χ1v) is 8.69. The SMILES string of the molecule is COc1cc2[nH]c(=O)c(CN3C[C@@H](C)O[C@@H](C)C3)cc2c(OC)c1OC. The van der Waals surface area contributed by atoms with Gasteiger partial charge in [-0.3, -0.25) is 9.69 Å². The van der Waals surface area contributed by atoms with Crippen molar-refractivity contribution in [2.24, 2.45) is 0 Å². The van der Waals surface area contributed by atoms with Crippen molar-refractivity contribution in [3.8, 4) is 17.2 Å². The molecular formula is C19H26N2O5. The van der Waals surface area contributed by atoms with Crippen molar-refractivity contribution in [1.29, 1.82) is 0 Å². The lowest BCUT2D eigenvalue weighted by molar-refractivity contribution is -0.0705. The van der Waals surface area contributed by atoms with Crippen molar-refractivity contribution >= 4 is 10.9 Å². The highest BCUT2D eigenvalue weighted by Crippen LogP contribution is 2.42. The molecule has 0 bridgehead atoms. The molecule has 0 amide bonds. The number of aromatic amines is 1. The third-order valence-electron chi connectivity index (χ3n) is 4.62. The van der Waals surface area contributed by atoms with Crippen LogP contribution in [0.2, 0.25) is 0 Å². The molecule has 0 aliphatic carbocycles. The van der Waals surface area contributed by atoms with E-state index in [1.807, 2.05) is 19.9 Å². The topological polar surface area (TPSA) is 73.0 Å². The molecule has 3 rings (SSSR count). The Morgan fingerprint density at radius 1 is 1.08 bits per heavy atom. The molecule has 1 aliphatic heterocycles. The third kappa shape index (κ3) is 3.50. The fourth-order valence-corrected chi connectivity index (χ4v) is 3.64. The van der Waals surface area contributed by atoms with Crippen molar-refractivity contribution < 1.29 is 18.9 Å². The van der Waals surface area contributed by atoms with Gasteiger partial charge in [-0.15, -0.1) is 0 Å². The van der Waals surface area contributed by atoms with Crippen LogP contribution in [0.3, 0.4) is 0 Å². The van der Waals surface area contributed by atoms with Gasteiger partial charge < -0.3 is 23.9 Å². The van der Waals surface area contributed by atoms with Gasteiger partial charge in [0.05, 0.1) is 39.1 Å². The fraction of sp³-hybridized carbons (Fsp3) is 0.526. The van der Waals surface area contributed by atoms with E-state index >= 15 is 0 Å². The quantitative estimate of drug-likeness (QED) is 0.879. The molecule has 26 heavy (non-hydrogen) atoms. The van der Waals surface area contributed by atoms with Gasteiger partial charge in [-0.1, -0.05) is 0 Å². The molecule has 142 valence electrons. The van der Waals surface area contributed by atoms with Gasteiger partial charge in [0.25, 0.3) is 5.56 Å². The summed E-state index contributed by atoms with van der Waals surface area (Å²) in [4.78, 5) is 17.8. The Balaban J connectivity index is 2.04. The van der Waals surface area contributed by atoms with E-state index in [2.05, 4.69) is 9.88 Å². The lowest BCUT2D eigenvalue weighted by atomic mass is 10.1. The lowest BCUT2D eigenvalue weighted by Crippen LogP contribution is -2.45. The first-order valence-electron chi connectivity index (χ1n) is 8.69. The number of aromatic nitrogens is 1. The summed E-state index contributed by atoms with van der Waals surface area (Å²) in [5.41, 5.74) is 1.22. The smallest absolute Gasteiger partial charge is 0.252 e. The fourth-order valence-electron chi connectivity index (χ4n) is 3.64. The molecule has 0 saturated carbocycles. The Labute approximate surface area is 152 Å². The minimum absolute atomic E-state index is 0.112. The minimum atomic E-state index is -0.112. The number of rotatable bonds is 5. The summed E-state index contributed by atoms with van der Waals surface area (Å²) in [6, 6.07) is 3.63. The Kier molecular flexibility index (Phi) is 5.38. The molecule has 2 heterocycles. The van der Waals surface area contributed by atoms with E-state index in [1.165, 1.54) is 0 Å². The van der Waals surface area contributed by atoms with E-state index in [1.54, 1.807) is 27.4 Å². The van der Waals surface area contributed by atoms with Gasteiger partial charge in [-0.2, -0.15) is 0 Å². The highest BCUT2D eigenvalue weighted by atomic mass is 16.5. The van der Waals surface area contributed by atoms with E-state index < -0.39 is 0 Å². The van der Waals surface area contributed by atoms with Crippen molar-refractivity contribution in [3.05, 3.63) is 28.0 Å². The highest BCUT2D eigenvalue weighted by Gasteiger charge is 2.24. The van der Waals surface area contributed by atoms with Crippen LogP contribution in [0.5, 0.6) is 17.2 Å². The van der Waals surface area contributed by atoms with Crippen LogP contribution < -0.4 is 19.8 Å². The number of fused-ring (bicyclic) bond motifs is 1. The maximum absolute atomic E-state index is 12.6. The molecule has 0 unspecified atom stereocenters. The number of pyridine rings is 1. The highest BCUT2D eigenvalue weighted by molar-refractivity contribution is 5.90. The molecule has 2 aromatic rings. The summed E-state index contributed by atoms with van der Waals surface area (Å²) in [5.74, 6) is 1.56. The second-order valence-electron chi connectivity index (χ2n) is 6.68. The summed E-state index contributed by atoms with van der Waals surface area (Å²) in [7, 11) is 4.69. The number of benzene rings is 1. The van der Waals surface area contributed by atoms with Crippen LogP contribution in [0.4, 0.5) is 0 Å². The number of morpholine rings is 1. The van der Waals surface area contributed by atoms with Crippen LogP contribution in [-0.4, -0.2) is 56.5 Å².